The van der Waals surface area contributed by atoms with Crippen molar-refractivity contribution in [1.29, 1.82) is 0 Å². The maximum absolute atomic E-state index is 4.16. The second-order valence-corrected chi connectivity index (χ2v) is 5.56. The van der Waals surface area contributed by atoms with Gasteiger partial charge in [-0.1, -0.05) is 42.1 Å². The third-order valence-electron chi connectivity index (χ3n) is 3.12. The lowest BCUT2D eigenvalue weighted by atomic mass is 10.2. The van der Waals surface area contributed by atoms with Gasteiger partial charge in [0.2, 0.25) is 0 Å². The first-order valence-electron chi connectivity index (χ1n) is 5.71. The minimum Gasteiger partial charge on any atom is -0.0947 e. The highest BCUT2D eigenvalue weighted by molar-refractivity contribution is 8.03. The zero-order valence-corrected chi connectivity index (χ0v) is 11.1. The fourth-order valence-corrected chi connectivity index (χ4v) is 3.27. The monoisotopic (exact) mass is 230 g/mol. The van der Waals surface area contributed by atoms with Gasteiger partial charge in [0.05, 0.1) is 0 Å². The molecule has 0 saturated carbocycles. The molecule has 1 aliphatic carbocycles. The predicted molar refractivity (Wildman–Crippen MR) is 72.8 cm³/mol. The summed E-state index contributed by atoms with van der Waals surface area (Å²) in [4.78, 5) is 2.82. The van der Waals surface area contributed by atoms with Crippen LogP contribution in [-0.4, -0.2) is 0 Å². The summed E-state index contributed by atoms with van der Waals surface area (Å²) < 4.78 is 0. The van der Waals surface area contributed by atoms with Gasteiger partial charge in [0.15, 0.2) is 0 Å². The Morgan fingerprint density at radius 2 is 1.69 bits per heavy atom. The second kappa shape index (κ2) is 4.50. The van der Waals surface area contributed by atoms with Gasteiger partial charge in [-0.2, -0.15) is 0 Å². The summed E-state index contributed by atoms with van der Waals surface area (Å²) in [6.45, 7) is 10.8. The van der Waals surface area contributed by atoms with Gasteiger partial charge < -0.3 is 0 Å². The van der Waals surface area contributed by atoms with Crippen molar-refractivity contribution in [2.45, 2.75) is 38.5 Å². The molecule has 0 saturated heterocycles. The third kappa shape index (κ3) is 2.10. The zero-order chi connectivity index (χ0) is 11.7. The minimum absolute atomic E-state index is 1.14. The van der Waals surface area contributed by atoms with Crippen molar-refractivity contribution >= 4 is 11.8 Å². The summed E-state index contributed by atoms with van der Waals surface area (Å²) in [6.07, 6.45) is 2.32. The van der Waals surface area contributed by atoms with Gasteiger partial charge in [0, 0.05) is 9.80 Å². The number of hydrogen-bond donors (Lipinski definition) is 0. The smallest absolute Gasteiger partial charge is 0.0180 e. The van der Waals surface area contributed by atoms with Crippen LogP contribution < -0.4 is 0 Å². The van der Waals surface area contributed by atoms with Crippen molar-refractivity contribution in [3.63, 3.8) is 0 Å². The molecular formula is C15H18S. The van der Waals surface area contributed by atoms with Gasteiger partial charge in [-0.15, -0.1) is 0 Å². The van der Waals surface area contributed by atoms with E-state index in [1.54, 1.807) is 0 Å². The van der Waals surface area contributed by atoms with E-state index in [-0.39, 0.29) is 0 Å². The van der Waals surface area contributed by atoms with Crippen LogP contribution in [0.2, 0.25) is 0 Å². The van der Waals surface area contributed by atoms with E-state index in [1.165, 1.54) is 38.5 Å². The summed E-state index contributed by atoms with van der Waals surface area (Å²) in [7, 11) is 0. The Kier molecular flexibility index (Phi) is 3.25. The molecule has 1 heteroatoms. The average Bonchev–Trinajstić information content (AvgIpc) is 2.54. The van der Waals surface area contributed by atoms with Gasteiger partial charge >= 0.3 is 0 Å². The molecule has 0 spiro atoms. The van der Waals surface area contributed by atoms with Gasteiger partial charge in [0.25, 0.3) is 0 Å². The van der Waals surface area contributed by atoms with Crippen LogP contribution in [0.4, 0.5) is 0 Å². The summed E-state index contributed by atoms with van der Waals surface area (Å²) in [5, 5.41) is 0. The van der Waals surface area contributed by atoms with E-state index in [2.05, 4.69) is 45.5 Å². The molecule has 0 N–H and O–H groups in total. The molecule has 1 aromatic carbocycles. The predicted octanol–water partition coefficient (Wildman–Crippen LogP) is 5.02. The number of thioether (sulfide) groups is 1. The number of benzene rings is 1. The van der Waals surface area contributed by atoms with E-state index in [0.29, 0.717) is 0 Å². The Labute approximate surface area is 102 Å². The second-order valence-electron chi connectivity index (χ2n) is 4.54. The molecule has 0 amide bonds. The largest absolute Gasteiger partial charge is 0.0947 e. The fraction of sp³-hybridized carbons (Fsp3) is 0.333. The first-order chi connectivity index (χ1) is 7.59. The van der Waals surface area contributed by atoms with Crippen LogP contribution in [0, 0.1) is 13.8 Å². The average molecular weight is 230 g/mol. The van der Waals surface area contributed by atoms with Gasteiger partial charge in [-0.3, -0.25) is 0 Å². The molecule has 16 heavy (non-hydrogen) atoms. The molecular weight excluding hydrogens is 212 g/mol. The van der Waals surface area contributed by atoms with Crippen LogP contribution in [0.15, 0.2) is 45.7 Å². The number of hydrogen-bond acceptors (Lipinski definition) is 1. The first-order valence-corrected chi connectivity index (χ1v) is 6.53. The molecule has 0 bridgehead atoms. The maximum Gasteiger partial charge on any atom is 0.0180 e. The highest BCUT2D eigenvalue weighted by Gasteiger charge is 2.17. The van der Waals surface area contributed by atoms with E-state index in [0.717, 1.165) is 6.42 Å². The topological polar surface area (TPSA) is 0 Å². The molecule has 0 heterocycles. The summed E-state index contributed by atoms with van der Waals surface area (Å²) in [6, 6.07) is 6.49. The van der Waals surface area contributed by atoms with Crippen molar-refractivity contribution in [2.75, 3.05) is 0 Å². The lowest BCUT2D eigenvalue weighted by Crippen LogP contribution is -1.86. The molecule has 1 aliphatic rings. The number of allylic oxidation sites excluding steroid dienone is 2. The van der Waals surface area contributed by atoms with Crippen LogP contribution in [0.3, 0.4) is 0 Å². The molecule has 2 rings (SSSR count). The van der Waals surface area contributed by atoms with Crippen LogP contribution in [0.1, 0.15) is 30.9 Å². The molecule has 0 aromatic heterocycles. The molecule has 0 unspecified atom stereocenters. The third-order valence-corrected chi connectivity index (χ3v) is 4.81. The standard InChI is InChI=1S/C15H18S/c1-10-6-5-7-11(2)14(10)16-15-12(3)8-9-13(15)4/h5-7H,3,8-9H2,1-2,4H3. The lowest BCUT2D eigenvalue weighted by Gasteiger charge is -2.11. The number of aryl methyl sites for hydroxylation is 2. The van der Waals surface area contributed by atoms with Gasteiger partial charge in [0.1, 0.15) is 0 Å². The Morgan fingerprint density at radius 3 is 2.19 bits per heavy atom. The molecule has 0 radical (unpaired) electrons. The zero-order valence-electron chi connectivity index (χ0n) is 10.3. The first kappa shape index (κ1) is 11.5. The Morgan fingerprint density at radius 1 is 1.06 bits per heavy atom. The highest BCUT2D eigenvalue weighted by Crippen LogP contribution is 2.43. The fourth-order valence-electron chi connectivity index (χ4n) is 2.09. The van der Waals surface area contributed by atoms with Crippen molar-refractivity contribution in [1.82, 2.24) is 0 Å². The normalized spacial score (nSPS) is 16.1. The highest BCUT2D eigenvalue weighted by atomic mass is 32.2. The molecule has 0 fully saturated rings. The van der Waals surface area contributed by atoms with E-state index in [9.17, 15) is 0 Å². The molecule has 84 valence electrons. The Bertz CT molecular complexity index is 446. The molecule has 0 nitrogen and oxygen atoms in total. The van der Waals surface area contributed by atoms with Crippen LogP contribution >= 0.6 is 11.8 Å². The molecule has 1 aromatic rings. The summed E-state index contributed by atoms with van der Waals surface area (Å²) in [5.74, 6) is 0. The van der Waals surface area contributed by atoms with Crippen LogP contribution in [0.5, 0.6) is 0 Å². The van der Waals surface area contributed by atoms with Crippen LogP contribution in [-0.2, 0) is 0 Å². The van der Waals surface area contributed by atoms with E-state index in [4.69, 9.17) is 0 Å². The lowest BCUT2D eigenvalue weighted by molar-refractivity contribution is 1.01. The summed E-state index contributed by atoms with van der Waals surface area (Å²) >= 11 is 1.90. The molecule has 0 atom stereocenters. The summed E-state index contributed by atoms with van der Waals surface area (Å²) in [5.41, 5.74) is 5.54. The van der Waals surface area contributed by atoms with E-state index in [1.807, 2.05) is 11.8 Å². The van der Waals surface area contributed by atoms with E-state index >= 15 is 0 Å². The SMILES string of the molecule is C=C1CCC(C)=C1Sc1c(C)cccc1C. The minimum atomic E-state index is 1.14. The maximum atomic E-state index is 4.16. The van der Waals surface area contributed by atoms with Crippen molar-refractivity contribution in [2.24, 2.45) is 0 Å². The van der Waals surface area contributed by atoms with Crippen molar-refractivity contribution in [3.8, 4) is 0 Å². The van der Waals surface area contributed by atoms with E-state index < -0.39 is 0 Å². The van der Waals surface area contributed by atoms with Crippen molar-refractivity contribution < 1.29 is 0 Å². The quantitative estimate of drug-likeness (QED) is 0.687. The Hall–Kier alpha value is -0.950. The van der Waals surface area contributed by atoms with Crippen LogP contribution in [0.25, 0.3) is 0 Å². The van der Waals surface area contributed by atoms with Crippen molar-refractivity contribution in [3.05, 3.63) is 52.0 Å². The molecule has 0 aliphatic heterocycles. The van der Waals surface area contributed by atoms with Gasteiger partial charge in [-0.05, 0) is 50.3 Å². The van der Waals surface area contributed by atoms with Gasteiger partial charge in [-0.25, -0.2) is 0 Å². The number of rotatable bonds is 2. The Balaban J connectivity index is 2.35.